The van der Waals surface area contributed by atoms with E-state index in [1.165, 1.54) is 0 Å². The number of rotatable bonds is 5. The number of aromatic amines is 1. The summed E-state index contributed by atoms with van der Waals surface area (Å²) < 4.78 is 5.36. The molecule has 0 radical (unpaired) electrons. The molecule has 0 aliphatic heterocycles. The molecule has 1 aromatic carbocycles. The van der Waals surface area contributed by atoms with Crippen LogP contribution in [-0.4, -0.2) is 15.1 Å². The first-order valence-corrected chi connectivity index (χ1v) is 8.06. The average molecular weight is 322 g/mol. The minimum atomic E-state index is -0.0715. The molecule has 0 unspecified atom stereocenters. The third kappa shape index (κ3) is 2.95. The molecule has 0 amide bonds. The van der Waals surface area contributed by atoms with Crippen LogP contribution in [0.4, 0.5) is 5.69 Å². The molecule has 6 nitrogen and oxygen atoms in total. The van der Waals surface area contributed by atoms with E-state index in [1.807, 2.05) is 37.3 Å². The van der Waals surface area contributed by atoms with Gasteiger partial charge in [0.25, 0.3) is 11.4 Å². The third-order valence-corrected chi connectivity index (χ3v) is 4.23. The summed E-state index contributed by atoms with van der Waals surface area (Å²) in [5, 5.41) is 7.35. The molecule has 3 aromatic rings. The third-order valence-electron chi connectivity index (χ3n) is 4.23. The maximum absolute atomic E-state index is 11.7. The molecule has 2 N–H and O–H groups in total. The number of nitrogens with zero attached hydrogens (tertiary/aromatic N) is 2. The predicted molar refractivity (Wildman–Crippen MR) is 90.8 cm³/mol. The summed E-state index contributed by atoms with van der Waals surface area (Å²) in [6.07, 6.45) is 3.94. The SMILES string of the molecule is Cc1cc(-c2nc(C3CC3)no2)ccc1NCc1ccc[nH]c1=O. The first kappa shape index (κ1) is 14.7. The number of nitrogens with one attached hydrogen (secondary N) is 2. The van der Waals surface area contributed by atoms with Crippen LogP contribution in [-0.2, 0) is 6.54 Å². The predicted octanol–water partition coefficient (Wildman–Crippen LogP) is 3.22. The highest BCUT2D eigenvalue weighted by atomic mass is 16.5. The van der Waals surface area contributed by atoms with Crippen molar-refractivity contribution in [1.29, 1.82) is 0 Å². The van der Waals surface area contributed by atoms with Gasteiger partial charge in [-0.05, 0) is 49.6 Å². The summed E-state index contributed by atoms with van der Waals surface area (Å²) in [7, 11) is 0. The quantitative estimate of drug-likeness (QED) is 0.753. The van der Waals surface area contributed by atoms with Crippen molar-refractivity contribution in [2.45, 2.75) is 32.2 Å². The molecule has 2 heterocycles. The van der Waals surface area contributed by atoms with Crippen LogP contribution < -0.4 is 10.9 Å². The van der Waals surface area contributed by atoms with Gasteiger partial charge in [0.1, 0.15) is 0 Å². The fourth-order valence-corrected chi connectivity index (χ4v) is 2.64. The van der Waals surface area contributed by atoms with Gasteiger partial charge in [-0.15, -0.1) is 0 Å². The van der Waals surface area contributed by atoms with E-state index in [2.05, 4.69) is 20.4 Å². The molecule has 4 rings (SSSR count). The van der Waals surface area contributed by atoms with E-state index in [4.69, 9.17) is 4.52 Å². The molecular formula is C18H18N4O2. The Morgan fingerprint density at radius 1 is 1.33 bits per heavy atom. The number of hydrogen-bond donors (Lipinski definition) is 2. The molecule has 0 saturated heterocycles. The van der Waals surface area contributed by atoms with Crippen molar-refractivity contribution >= 4 is 5.69 Å². The van der Waals surface area contributed by atoms with Crippen LogP contribution in [0, 0.1) is 6.92 Å². The minimum Gasteiger partial charge on any atom is -0.381 e. The summed E-state index contributed by atoms with van der Waals surface area (Å²) in [5.41, 5.74) is 3.58. The van der Waals surface area contributed by atoms with Crippen molar-refractivity contribution in [1.82, 2.24) is 15.1 Å². The fourth-order valence-electron chi connectivity index (χ4n) is 2.64. The highest BCUT2D eigenvalue weighted by Crippen LogP contribution is 2.39. The Hall–Kier alpha value is -2.89. The molecule has 2 aromatic heterocycles. The monoisotopic (exact) mass is 322 g/mol. The zero-order valence-corrected chi connectivity index (χ0v) is 13.4. The largest absolute Gasteiger partial charge is 0.381 e. The number of aryl methyl sites for hydroxylation is 1. The van der Waals surface area contributed by atoms with Crippen LogP contribution >= 0.6 is 0 Å². The van der Waals surface area contributed by atoms with E-state index in [9.17, 15) is 4.79 Å². The van der Waals surface area contributed by atoms with Crippen molar-refractivity contribution in [3.8, 4) is 11.5 Å². The molecule has 1 aliphatic rings. The smallest absolute Gasteiger partial charge is 0.257 e. The summed E-state index contributed by atoms with van der Waals surface area (Å²) in [4.78, 5) is 18.9. The van der Waals surface area contributed by atoms with E-state index < -0.39 is 0 Å². The van der Waals surface area contributed by atoms with Crippen LogP contribution in [0.5, 0.6) is 0 Å². The molecule has 1 fully saturated rings. The number of anilines is 1. The molecule has 1 aliphatic carbocycles. The van der Waals surface area contributed by atoms with Crippen molar-refractivity contribution in [2.24, 2.45) is 0 Å². The highest BCUT2D eigenvalue weighted by Gasteiger charge is 2.29. The van der Waals surface area contributed by atoms with E-state index in [0.29, 0.717) is 23.9 Å². The molecule has 0 atom stereocenters. The molecule has 0 bridgehead atoms. The van der Waals surface area contributed by atoms with Gasteiger partial charge in [-0.1, -0.05) is 11.2 Å². The average Bonchev–Trinajstić information content (AvgIpc) is 3.32. The van der Waals surface area contributed by atoms with Crippen molar-refractivity contribution < 1.29 is 4.52 Å². The Labute approximate surface area is 138 Å². The lowest BCUT2D eigenvalue weighted by Crippen LogP contribution is -2.14. The van der Waals surface area contributed by atoms with E-state index in [1.54, 1.807) is 6.20 Å². The van der Waals surface area contributed by atoms with Crippen LogP contribution in [0.15, 0.2) is 45.8 Å². The van der Waals surface area contributed by atoms with Gasteiger partial charge in [0, 0.05) is 35.5 Å². The van der Waals surface area contributed by atoms with Crippen LogP contribution in [0.1, 0.15) is 35.7 Å². The number of aromatic nitrogens is 3. The standard InChI is InChI=1S/C18H18N4O2/c1-11-9-13(18-21-16(22-24-18)12-4-5-12)6-7-15(11)20-10-14-3-2-8-19-17(14)23/h2-3,6-9,12,20H,4-5,10H2,1H3,(H,19,23). The molecule has 6 heteroatoms. The fraction of sp³-hybridized carbons (Fsp3) is 0.278. The van der Waals surface area contributed by atoms with Gasteiger partial charge >= 0.3 is 0 Å². The summed E-state index contributed by atoms with van der Waals surface area (Å²) in [6, 6.07) is 9.58. The molecule has 122 valence electrons. The Bertz CT molecular complexity index is 925. The first-order chi connectivity index (χ1) is 11.7. The normalized spacial score (nSPS) is 13.9. The second-order valence-corrected chi connectivity index (χ2v) is 6.14. The number of benzene rings is 1. The lowest BCUT2D eigenvalue weighted by Gasteiger charge is -2.10. The van der Waals surface area contributed by atoms with Crippen molar-refractivity contribution in [3.05, 3.63) is 63.8 Å². The lowest BCUT2D eigenvalue weighted by molar-refractivity contribution is 0.422. The topological polar surface area (TPSA) is 83.8 Å². The van der Waals surface area contributed by atoms with Crippen LogP contribution in [0.3, 0.4) is 0 Å². The minimum absolute atomic E-state index is 0.0715. The molecular weight excluding hydrogens is 304 g/mol. The Balaban J connectivity index is 1.51. The highest BCUT2D eigenvalue weighted by molar-refractivity contribution is 5.62. The van der Waals surface area contributed by atoms with E-state index in [-0.39, 0.29) is 5.56 Å². The van der Waals surface area contributed by atoms with Crippen LogP contribution in [0.2, 0.25) is 0 Å². The van der Waals surface area contributed by atoms with Gasteiger partial charge in [-0.3, -0.25) is 4.79 Å². The van der Waals surface area contributed by atoms with Gasteiger partial charge in [0.05, 0.1) is 0 Å². The second-order valence-electron chi connectivity index (χ2n) is 6.14. The van der Waals surface area contributed by atoms with Gasteiger partial charge < -0.3 is 14.8 Å². The number of hydrogen-bond acceptors (Lipinski definition) is 5. The van der Waals surface area contributed by atoms with E-state index >= 15 is 0 Å². The first-order valence-electron chi connectivity index (χ1n) is 8.06. The Morgan fingerprint density at radius 2 is 2.21 bits per heavy atom. The summed E-state index contributed by atoms with van der Waals surface area (Å²) >= 11 is 0. The van der Waals surface area contributed by atoms with Gasteiger partial charge in [0.2, 0.25) is 0 Å². The van der Waals surface area contributed by atoms with Crippen LogP contribution in [0.25, 0.3) is 11.5 Å². The molecule has 1 saturated carbocycles. The Kier molecular flexibility index (Phi) is 3.65. The summed E-state index contributed by atoms with van der Waals surface area (Å²) in [5.74, 6) is 1.85. The van der Waals surface area contributed by atoms with Crippen molar-refractivity contribution in [2.75, 3.05) is 5.32 Å². The second kappa shape index (κ2) is 5.96. The number of H-pyrrole nitrogens is 1. The Morgan fingerprint density at radius 3 is 2.96 bits per heavy atom. The maximum Gasteiger partial charge on any atom is 0.257 e. The van der Waals surface area contributed by atoms with Crippen molar-refractivity contribution in [3.63, 3.8) is 0 Å². The lowest BCUT2D eigenvalue weighted by atomic mass is 10.1. The molecule has 24 heavy (non-hydrogen) atoms. The maximum atomic E-state index is 11.7. The van der Waals surface area contributed by atoms with E-state index in [0.717, 1.165) is 35.5 Å². The van der Waals surface area contributed by atoms with Gasteiger partial charge in [0.15, 0.2) is 5.82 Å². The molecule has 0 spiro atoms. The van der Waals surface area contributed by atoms with Gasteiger partial charge in [-0.2, -0.15) is 4.98 Å². The zero-order valence-electron chi connectivity index (χ0n) is 13.4. The number of pyridine rings is 1. The van der Waals surface area contributed by atoms with Gasteiger partial charge in [-0.25, -0.2) is 0 Å². The summed E-state index contributed by atoms with van der Waals surface area (Å²) in [6.45, 7) is 2.49. The zero-order chi connectivity index (χ0) is 16.5.